The van der Waals surface area contributed by atoms with Crippen LogP contribution in [-0.2, 0) is 21.2 Å². The van der Waals surface area contributed by atoms with Gasteiger partial charge in [0.2, 0.25) is 22.7 Å². The molecule has 1 amide bonds. The van der Waals surface area contributed by atoms with Gasteiger partial charge in [-0.05, 0) is 54.8 Å². The number of rotatable bonds is 6. The third-order valence-corrected chi connectivity index (χ3v) is 6.15. The lowest BCUT2D eigenvalue weighted by molar-refractivity contribution is -0.117. The maximum atomic E-state index is 12.5. The van der Waals surface area contributed by atoms with Gasteiger partial charge in [0.05, 0.1) is 4.90 Å². The topological polar surface area (TPSA) is 84.9 Å². The predicted molar refractivity (Wildman–Crippen MR) is 99.5 cm³/mol. The van der Waals surface area contributed by atoms with Gasteiger partial charge in [-0.1, -0.05) is 6.07 Å². The van der Waals surface area contributed by atoms with Crippen molar-refractivity contribution < 1.29 is 22.7 Å². The number of benzene rings is 2. The zero-order valence-electron chi connectivity index (χ0n) is 14.7. The summed E-state index contributed by atoms with van der Waals surface area (Å²) in [4.78, 5) is 13.6. The molecule has 0 atom stereocenters. The van der Waals surface area contributed by atoms with Crippen molar-refractivity contribution in [3.63, 3.8) is 0 Å². The molecular weight excluding hydrogens is 368 g/mol. The maximum Gasteiger partial charge on any atom is 0.240 e. The lowest BCUT2D eigenvalue weighted by Crippen LogP contribution is -2.26. The largest absolute Gasteiger partial charge is 0.454 e. The fourth-order valence-corrected chi connectivity index (χ4v) is 4.27. The summed E-state index contributed by atoms with van der Waals surface area (Å²) in [7, 11) is -3.61. The Bertz CT molecular complexity index is 957. The molecule has 0 radical (unpaired) electrons. The van der Waals surface area contributed by atoms with E-state index in [0.717, 1.165) is 17.7 Å². The van der Waals surface area contributed by atoms with Crippen LogP contribution in [0.2, 0.25) is 0 Å². The van der Waals surface area contributed by atoms with Crippen LogP contribution >= 0.6 is 0 Å². The molecule has 142 valence electrons. The second-order valence-corrected chi connectivity index (χ2v) is 8.25. The van der Waals surface area contributed by atoms with Crippen LogP contribution in [-0.4, -0.2) is 34.2 Å². The van der Waals surface area contributed by atoms with Gasteiger partial charge < -0.3 is 14.4 Å². The van der Waals surface area contributed by atoms with Crippen molar-refractivity contribution in [1.82, 2.24) is 4.72 Å². The minimum atomic E-state index is -3.61. The summed E-state index contributed by atoms with van der Waals surface area (Å²) in [5.41, 5.74) is 1.70. The highest BCUT2D eigenvalue weighted by atomic mass is 32.2. The SMILES string of the molecule is O=C1CCCN1c1ccc(S(=O)(=O)NCCc2ccc3c(c2)OCO3)cc1. The van der Waals surface area contributed by atoms with Gasteiger partial charge in [0, 0.05) is 25.2 Å². The van der Waals surface area contributed by atoms with Gasteiger partial charge in [0.15, 0.2) is 11.5 Å². The summed E-state index contributed by atoms with van der Waals surface area (Å²) in [6, 6.07) is 12.0. The molecule has 0 unspecified atom stereocenters. The van der Waals surface area contributed by atoms with E-state index in [4.69, 9.17) is 9.47 Å². The molecule has 0 aliphatic carbocycles. The van der Waals surface area contributed by atoms with Crippen molar-refractivity contribution in [2.24, 2.45) is 0 Å². The molecule has 0 saturated carbocycles. The van der Waals surface area contributed by atoms with E-state index < -0.39 is 10.0 Å². The van der Waals surface area contributed by atoms with Crippen LogP contribution < -0.4 is 19.1 Å². The Morgan fingerprint density at radius 1 is 1.04 bits per heavy atom. The minimum Gasteiger partial charge on any atom is -0.454 e. The number of hydrogen-bond donors (Lipinski definition) is 1. The quantitative estimate of drug-likeness (QED) is 0.819. The molecule has 27 heavy (non-hydrogen) atoms. The van der Waals surface area contributed by atoms with E-state index in [1.165, 1.54) is 12.1 Å². The summed E-state index contributed by atoms with van der Waals surface area (Å²) >= 11 is 0. The van der Waals surface area contributed by atoms with Crippen LogP contribution in [0.25, 0.3) is 0 Å². The third-order valence-electron chi connectivity index (χ3n) is 4.67. The van der Waals surface area contributed by atoms with Gasteiger partial charge in [0.1, 0.15) is 0 Å². The zero-order valence-corrected chi connectivity index (χ0v) is 15.5. The number of anilines is 1. The van der Waals surface area contributed by atoms with Gasteiger partial charge in [-0.2, -0.15) is 0 Å². The lowest BCUT2D eigenvalue weighted by Gasteiger charge is -2.16. The van der Waals surface area contributed by atoms with Gasteiger partial charge in [-0.15, -0.1) is 0 Å². The van der Waals surface area contributed by atoms with Gasteiger partial charge in [-0.3, -0.25) is 4.79 Å². The molecule has 2 aliphatic heterocycles. The monoisotopic (exact) mass is 388 g/mol. The smallest absolute Gasteiger partial charge is 0.240 e. The Morgan fingerprint density at radius 3 is 2.56 bits per heavy atom. The number of nitrogens with one attached hydrogen (secondary N) is 1. The molecule has 1 N–H and O–H groups in total. The van der Waals surface area contributed by atoms with Crippen LogP contribution in [0, 0.1) is 0 Å². The van der Waals surface area contributed by atoms with Gasteiger partial charge in [0.25, 0.3) is 0 Å². The van der Waals surface area contributed by atoms with E-state index in [1.54, 1.807) is 17.0 Å². The van der Waals surface area contributed by atoms with Crippen LogP contribution in [0.3, 0.4) is 0 Å². The Hall–Kier alpha value is -2.58. The molecule has 0 aromatic heterocycles. The second kappa shape index (κ2) is 7.21. The lowest BCUT2D eigenvalue weighted by atomic mass is 10.1. The molecule has 2 aliphatic rings. The fourth-order valence-electron chi connectivity index (χ4n) is 3.24. The first-order chi connectivity index (χ1) is 13.0. The summed E-state index contributed by atoms with van der Waals surface area (Å²) in [5.74, 6) is 1.46. The van der Waals surface area contributed by atoms with Crippen molar-refractivity contribution in [2.75, 3.05) is 24.8 Å². The Labute approximate surface area is 157 Å². The third kappa shape index (κ3) is 3.77. The van der Waals surface area contributed by atoms with Crippen molar-refractivity contribution in [2.45, 2.75) is 24.2 Å². The van der Waals surface area contributed by atoms with E-state index in [2.05, 4.69) is 4.72 Å². The molecule has 1 fully saturated rings. The number of carbonyl (C=O) groups excluding carboxylic acids is 1. The Morgan fingerprint density at radius 2 is 1.81 bits per heavy atom. The average Bonchev–Trinajstić information content (AvgIpc) is 3.30. The van der Waals surface area contributed by atoms with Crippen LogP contribution in [0.5, 0.6) is 11.5 Å². The standard InChI is InChI=1S/C19H20N2O5S/c22-19-2-1-11-21(19)15-4-6-16(7-5-15)27(23,24)20-10-9-14-3-8-17-18(12-14)26-13-25-17/h3-8,12,20H,1-2,9-11,13H2. The summed E-state index contributed by atoms with van der Waals surface area (Å²) in [6.45, 7) is 1.16. The molecule has 2 aromatic carbocycles. The predicted octanol–water partition coefficient (Wildman–Crippen LogP) is 2.06. The van der Waals surface area contributed by atoms with Crippen molar-refractivity contribution in [3.8, 4) is 11.5 Å². The molecule has 8 heteroatoms. The van der Waals surface area contributed by atoms with Gasteiger partial charge in [-0.25, -0.2) is 13.1 Å². The first-order valence-electron chi connectivity index (χ1n) is 8.81. The number of fused-ring (bicyclic) bond motifs is 1. The van der Waals surface area contributed by atoms with E-state index in [-0.39, 0.29) is 24.1 Å². The number of ether oxygens (including phenoxy) is 2. The van der Waals surface area contributed by atoms with Crippen molar-refractivity contribution in [3.05, 3.63) is 48.0 Å². The van der Waals surface area contributed by atoms with Crippen LogP contribution in [0.15, 0.2) is 47.4 Å². The molecule has 4 rings (SSSR count). The number of sulfonamides is 1. The molecule has 2 heterocycles. The molecule has 0 bridgehead atoms. The minimum absolute atomic E-state index is 0.0764. The van der Waals surface area contributed by atoms with E-state index in [9.17, 15) is 13.2 Å². The fraction of sp³-hybridized carbons (Fsp3) is 0.316. The van der Waals surface area contributed by atoms with E-state index in [1.807, 2.05) is 18.2 Å². The highest BCUT2D eigenvalue weighted by molar-refractivity contribution is 7.89. The number of nitrogens with zero attached hydrogens (tertiary/aromatic N) is 1. The van der Waals surface area contributed by atoms with E-state index >= 15 is 0 Å². The highest BCUT2D eigenvalue weighted by Gasteiger charge is 2.22. The first kappa shape index (κ1) is 17.8. The molecule has 0 spiro atoms. The number of carbonyl (C=O) groups is 1. The maximum absolute atomic E-state index is 12.5. The summed E-state index contributed by atoms with van der Waals surface area (Å²) in [5, 5.41) is 0. The summed E-state index contributed by atoms with van der Waals surface area (Å²) in [6.07, 6.45) is 1.91. The Balaban J connectivity index is 1.37. The van der Waals surface area contributed by atoms with E-state index in [0.29, 0.717) is 30.9 Å². The second-order valence-electron chi connectivity index (χ2n) is 6.48. The first-order valence-corrected chi connectivity index (χ1v) is 10.3. The Kier molecular flexibility index (Phi) is 4.75. The molecule has 1 saturated heterocycles. The summed E-state index contributed by atoms with van der Waals surface area (Å²) < 4.78 is 38.1. The van der Waals surface area contributed by atoms with Crippen LogP contribution in [0.1, 0.15) is 18.4 Å². The highest BCUT2D eigenvalue weighted by Crippen LogP contribution is 2.32. The normalized spacial score (nSPS) is 16.1. The van der Waals surface area contributed by atoms with Crippen molar-refractivity contribution in [1.29, 1.82) is 0 Å². The molecule has 2 aromatic rings. The molecule has 7 nitrogen and oxygen atoms in total. The number of hydrogen-bond acceptors (Lipinski definition) is 5. The zero-order chi connectivity index (χ0) is 18.9. The van der Waals surface area contributed by atoms with Crippen molar-refractivity contribution >= 4 is 21.6 Å². The number of amides is 1. The van der Waals surface area contributed by atoms with Gasteiger partial charge >= 0.3 is 0 Å². The average molecular weight is 388 g/mol. The molecular formula is C19H20N2O5S. The van der Waals surface area contributed by atoms with Crippen LogP contribution in [0.4, 0.5) is 5.69 Å².